The lowest BCUT2D eigenvalue weighted by atomic mass is 9.87. The standard InChI is InChI=1S/C19H32N2/c1-5-19(6-2)15-21(13-12-16(3)4)18(14-20-19)17-10-8-7-9-11-17/h7-11,16,18,20H,5-6,12-15H2,1-4H3. The van der Waals surface area contributed by atoms with Gasteiger partial charge in [0.25, 0.3) is 0 Å². The van der Waals surface area contributed by atoms with E-state index in [1.54, 1.807) is 0 Å². The quantitative estimate of drug-likeness (QED) is 0.842. The Balaban J connectivity index is 2.15. The molecule has 1 fully saturated rings. The number of hydrogen-bond donors (Lipinski definition) is 1. The van der Waals surface area contributed by atoms with Gasteiger partial charge in [-0.3, -0.25) is 4.90 Å². The van der Waals surface area contributed by atoms with Crippen molar-refractivity contribution < 1.29 is 0 Å². The summed E-state index contributed by atoms with van der Waals surface area (Å²) in [7, 11) is 0. The summed E-state index contributed by atoms with van der Waals surface area (Å²) in [6.45, 7) is 12.7. The number of nitrogens with one attached hydrogen (secondary N) is 1. The molecule has 2 nitrogen and oxygen atoms in total. The van der Waals surface area contributed by atoms with Gasteiger partial charge in [0.1, 0.15) is 0 Å². The molecule has 1 atom stereocenters. The number of piperazine rings is 1. The molecule has 2 heteroatoms. The first kappa shape index (κ1) is 16.5. The van der Waals surface area contributed by atoms with E-state index in [0.717, 1.165) is 12.5 Å². The summed E-state index contributed by atoms with van der Waals surface area (Å²) in [5, 5.41) is 3.86. The first-order valence-corrected chi connectivity index (χ1v) is 8.64. The van der Waals surface area contributed by atoms with Gasteiger partial charge in [0.2, 0.25) is 0 Å². The Hall–Kier alpha value is -0.860. The molecule has 0 radical (unpaired) electrons. The molecule has 118 valence electrons. The predicted molar refractivity (Wildman–Crippen MR) is 91.5 cm³/mol. The molecular formula is C19H32N2. The zero-order chi connectivity index (χ0) is 15.3. The monoisotopic (exact) mass is 288 g/mol. The maximum Gasteiger partial charge on any atom is 0.0473 e. The minimum absolute atomic E-state index is 0.308. The van der Waals surface area contributed by atoms with E-state index in [1.807, 2.05) is 0 Å². The van der Waals surface area contributed by atoms with E-state index >= 15 is 0 Å². The normalized spacial score (nSPS) is 22.6. The van der Waals surface area contributed by atoms with E-state index in [0.29, 0.717) is 11.6 Å². The highest BCUT2D eigenvalue weighted by atomic mass is 15.3. The van der Waals surface area contributed by atoms with Gasteiger partial charge >= 0.3 is 0 Å². The van der Waals surface area contributed by atoms with Crippen LogP contribution in [0, 0.1) is 5.92 Å². The Bertz CT molecular complexity index is 409. The molecule has 0 saturated carbocycles. The lowest BCUT2D eigenvalue weighted by molar-refractivity contribution is 0.0683. The highest BCUT2D eigenvalue weighted by molar-refractivity contribution is 5.21. The summed E-state index contributed by atoms with van der Waals surface area (Å²) in [6.07, 6.45) is 3.71. The van der Waals surface area contributed by atoms with Crippen LogP contribution >= 0.6 is 0 Å². The molecule has 0 aromatic heterocycles. The van der Waals surface area contributed by atoms with Gasteiger partial charge in [0, 0.05) is 24.7 Å². The second-order valence-corrected chi connectivity index (χ2v) is 6.95. The molecule has 1 aliphatic heterocycles. The fourth-order valence-electron chi connectivity index (χ4n) is 3.38. The van der Waals surface area contributed by atoms with Crippen molar-refractivity contribution in [1.29, 1.82) is 0 Å². The number of nitrogens with zero attached hydrogens (tertiary/aromatic N) is 1. The van der Waals surface area contributed by atoms with Gasteiger partial charge in [0.05, 0.1) is 0 Å². The molecule has 1 aromatic rings. The first-order valence-electron chi connectivity index (χ1n) is 8.64. The molecule has 2 rings (SSSR count). The van der Waals surface area contributed by atoms with Crippen LogP contribution in [0.15, 0.2) is 30.3 Å². The van der Waals surface area contributed by atoms with Crippen LogP contribution < -0.4 is 5.32 Å². The second kappa shape index (κ2) is 7.42. The number of benzene rings is 1. The van der Waals surface area contributed by atoms with Crippen molar-refractivity contribution in [3.8, 4) is 0 Å². The van der Waals surface area contributed by atoms with Gasteiger partial charge in [-0.05, 0) is 37.3 Å². The van der Waals surface area contributed by atoms with Gasteiger partial charge in [-0.2, -0.15) is 0 Å². The second-order valence-electron chi connectivity index (χ2n) is 6.95. The molecule has 1 unspecified atom stereocenters. The Morgan fingerprint density at radius 1 is 1.19 bits per heavy atom. The smallest absolute Gasteiger partial charge is 0.0473 e. The van der Waals surface area contributed by atoms with Gasteiger partial charge in [-0.25, -0.2) is 0 Å². The molecule has 1 saturated heterocycles. The average molecular weight is 288 g/mol. The van der Waals surface area contributed by atoms with Crippen molar-refractivity contribution in [2.75, 3.05) is 19.6 Å². The predicted octanol–water partition coefficient (Wildman–Crippen LogP) is 4.24. The molecule has 1 aromatic carbocycles. The molecule has 0 aliphatic carbocycles. The number of hydrogen-bond acceptors (Lipinski definition) is 2. The average Bonchev–Trinajstić information content (AvgIpc) is 2.53. The lowest BCUT2D eigenvalue weighted by Gasteiger charge is -2.48. The SMILES string of the molecule is CCC1(CC)CN(CCC(C)C)C(c2ccccc2)CN1. The van der Waals surface area contributed by atoms with Gasteiger partial charge in [-0.15, -0.1) is 0 Å². The van der Waals surface area contributed by atoms with Crippen LogP contribution in [0.4, 0.5) is 0 Å². The van der Waals surface area contributed by atoms with Crippen molar-refractivity contribution in [3.63, 3.8) is 0 Å². The van der Waals surface area contributed by atoms with Gasteiger partial charge in [0.15, 0.2) is 0 Å². The van der Waals surface area contributed by atoms with E-state index in [2.05, 4.69) is 68.2 Å². The van der Waals surface area contributed by atoms with Crippen LogP contribution in [-0.4, -0.2) is 30.1 Å². The van der Waals surface area contributed by atoms with E-state index < -0.39 is 0 Å². The van der Waals surface area contributed by atoms with Crippen molar-refractivity contribution in [3.05, 3.63) is 35.9 Å². The molecule has 0 bridgehead atoms. The molecule has 1 N–H and O–H groups in total. The minimum atomic E-state index is 0.308. The Morgan fingerprint density at radius 2 is 1.86 bits per heavy atom. The van der Waals surface area contributed by atoms with Gasteiger partial charge in [-0.1, -0.05) is 58.0 Å². The van der Waals surface area contributed by atoms with Crippen LogP contribution in [0.5, 0.6) is 0 Å². The van der Waals surface area contributed by atoms with Crippen molar-refractivity contribution in [2.45, 2.75) is 58.5 Å². The fourth-order valence-corrected chi connectivity index (χ4v) is 3.38. The Labute approximate surface area is 130 Å². The summed E-state index contributed by atoms with van der Waals surface area (Å²) < 4.78 is 0. The summed E-state index contributed by atoms with van der Waals surface area (Å²) in [6, 6.07) is 11.5. The van der Waals surface area contributed by atoms with Crippen LogP contribution in [0.2, 0.25) is 0 Å². The molecule has 1 heterocycles. The molecule has 21 heavy (non-hydrogen) atoms. The molecule has 0 amide bonds. The van der Waals surface area contributed by atoms with E-state index in [9.17, 15) is 0 Å². The van der Waals surface area contributed by atoms with E-state index in [4.69, 9.17) is 0 Å². The minimum Gasteiger partial charge on any atom is -0.308 e. The largest absolute Gasteiger partial charge is 0.308 e. The Kier molecular flexibility index (Phi) is 5.83. The van der Waals surface area contributed by atoms with Crippen LogP contribution in [0.3, 0.4) is 0 Å². The van der Waals surface area contributed by atoms with Crippen LogP contribution in [-0.2, 0) is 0 Å². The molecular weight excluding hydrogens is 256 g/mol. The van der Waals surface area contributed by atoms with E-state index in [-0.39, 0.29) is 0 Å². The maximum atomic E-state index is 3.86. The molecule has 1 aliphatic rings. The lowest BCUT2D eigenvalue weighted by Crippen LogP contribution is -2.60. The van der Waals surface area contributed by atoms with Gasteiger partial charge < -0.3 is 5.32 Å². The third-order valence-corrected chi connectivity index (χ3v) is 5.15. The highest BCUT2D eigenvalue weighted by Gasteiger charge is 2.36. The summed E-state index contributed by atoms with van der Waals surface area (Å²) in [5.74, 6) is 0.772. The third-order valence-electron chi connectivity index (χ3n) is 5.15. The zero-order valence-corrected chi connectivity index (χ0v) is 14.2. The fraction of sp³-hybridized carbons (Fsp3) is 0.684. The summed E-state index contributed by atoms with van der Waals surface area (Å²) in [5.41, 5.74) is 1.76. The Morgan fingerprint density at radius 3 is 2.43 bits per heavy atom. The number of rotatable bonds is 6. The highest BCUT2D eigenvalue weighted by Crippen LogP contribution is 2.30. The molecule has 0 spiro atoms. The maximum absolute atomic E-state index is 3.86. The zero-order valence-electron chi connectivity index (χ0n) is 14.2. The van der Waals surface area contributed by atoms with Crippen molar-refractivity contribution >= 4 is 0 Å². The topological polar surface area (TPSA) is 15.3 Å². The van der Waals surface area contributed by atoms with Crippen molar-refractivity contribution in [2.24, 2.45) is 5.92 Å². The van der Waals surface area contributed by atoms with Crippen LogP contribution in [0.25, 0.3) is 0 Å². The third kappa shape index (κ3) is 4.08. The summed E-state index contributed by atoms with van der Waals surface area (Å²) in [4.78, 5) is 2.72. The van der Waals surface area contributed by atoms with Crippen molar-refractivity contribution in [1.82, 2.24) is 10.2 Å². The van der Waals surface area contributed by atoms with E-state index in [1.165, 1.54) is 37.9 Å². The van der Waals surface area contributed by atoms with Crippen LogP contribution in [0.1, 0.15) is 58.6 Å². The summed E-state index contributed by atoms with van der Waals surface area (Å²) >= 11 is 0. The first-order chi connectivity index (χ1) is 10.1.